The van der Waals surface area contributed by atoms with Gasteiger partial charge in [0, 0.05) is 12.1 Å². The lowest BCUT2D eigenvalue weighted by molar-refractivity contribution is -0.136. The first kappa shape index (κ1) is 15.2. The van der Waals surface area contributed by atoms with Gasteiger partial charge < -0.3 is 4.74 Å². The molecule has 3 heteroatoms. The Labute approximate surface area is 111 Å². The second-order valence-corrected chi connectivity index (χ2v) is 5.89. The Morgan fingerprint density at radius 1 is 1.33 bits per heavy atom. The summed E-state index contributed by atoms with van der Waals surface area (Å²) in [7, 11) is 1.44. The van der Waals surface area contributed by atoms with Gasteiger partial charge in [0.2, 0.25) is 0 Å². The summed E-state index contributed by atoms with van der Waals surface area (Å²) in [4.78, 5) is 13.9. The SMILES string of the molecule is CCC(=CCN1CCCC(C)(C)CC1)C(=O)OC. The van der Waals surface area contributed by atoms with Gasteiger partial charge in [-0.05, 0) is 44.2 Å². The zero-order valence-electron chi connectivity index (χ0n) is 12.3. The molecule has 0 saturated carbocycles. The smallest absolute Gasteiger partial charge is 0.333 e. The molecule has 0 N–H and O–H groups in total. The van der Waals surface area contributed by atoms with Crippen LogP contribution in [-0.4, -0.2) is 37.6 Å². The van der Waals surface area contributed by atoms with E-state index in [0.29, 0.717) is 5.41 Å². The van der Waals surface area contributed by atoms with Crippen LogP contribution in [0.5, 0.6) is 0 Å². The fraction of sp³-hybridized carbons (Fsp3) is 0.800. The topological polar surface area (TPSA) is 29.5 Å². The van der Waals surface area contributed by atoms with Crippen LogP contribution in [0.4, 0.5) is 0 Å². The lowest BCUT2D eigenvalue weighted by Gasteiger charge is -2.22. The molecule has 18 heavy (non-hydrogen) atoms. The number of likely N-dealkylation sites (tertiary alicyclic amines) is 1. The van der Waals surface area contributed by atoms with Gasteiger partial charge in [-0.2, -0.15) is 0 Å². The summed E-state index contributed by atoms with van der Waals surface area (Å²) < 4.78 is 4.78. The predicted molar refractivity (Wildman–Crippen MR) is 74.5 cm³/mol. The zero-order chi connectivity index (χ0) is 13.6. The Kier molecular flexibility index (Phi) is 5.86. The molecule has 0 aromatic heterocycles. The van der Waals surface area contributed by atoms with Gasteiger partial charge in [0.05, 0.1) is 7.11 Å². The molecular weight excluding hydrogens is 226 g/mol. The molecule has 1 saturated heterocycles. The Morgan fingerprint density at radius 3 is 2.67 bits per heavy atom. The summed E-state index contributed by atoms with van der Waals surface area (Å²) in [6.07, 6.45) is 6.56. The van der Waals surface area contributed by atoms with Crippen LogP contribution in [0.3, 0.4) is 0 Å². The number of methoxy groups -OCH3 is 1. The molecule has 0 amide bonds. The first-order valence-electron chi connectivity index (χ1n) is 6.98. The van der Waals surface area contributed by atoms with Crippen molar-refractivity contribution in [2.75, 3.05) is 26.7 Å². The molecule has 1 aliphatic heterocycles. The molecular formula is C15H27NO2. The third-order valence-electron chi connectivity index (χ3n) is 3.86. The van der Waals surface area contributed by atoms with Crippen molar-refractivity contribution >= 4 is 5.97 Å². The molecule has 1 rings (SSSR count). The van der Waals surface area contributed by atoms with Crippen molar-refractivity contribution in [2.24, 2.45) is 5.41 Å². The fourth-order valence-corrected chi connectivity index (χ4v) is 2.40. The van der Waals surface area contributed by atoms with Crippen molar-refractivity contribution in [3.63, 3.8) is 0 Å². The molecule has 0 radical (unpaired) electrons. The van der Waals surface area contributed by atoms with Crippen molar-refractivity contribution in [3.8, 4) is 0 Å². The van der Waals surface area contributed by atoms with E-state index in [4.69, 9.17) is 4.74 Å². The monoisotopic (exact) mass is 253 g/mol. The number of hydrogen-bond acceptors (Lipinski definition) is 3. The third-order valence-corrected chi connectivity index (χ3v) is 3.86. The van der Waals surface area contributed by atoms with Crippen molar-refractivity contribution in [1.29, 1.82) is 0 Å². The van der Waals surface area contributed by atoms with E-state index in [1.165, 1.54) is 26.4 Å². The lowest BCUT2D eigenvalue weighted by Crippen LogP contribution is -2.26. The Hall–Kier alpha value is -0.830. The number of rotatable bonds is 4. The Bertz CT molecular complexity index is 308. The van der Waals surface area contributed by atoms with Crippen molar-refractivity contribution in [3.05, 3.63) is 11.6 Å². The molecule has 0 aliphatic carbocycles. The van der Waals surface area contributed by atoms with Crippen LogP contribution < -0.4 is 0 Å². The standard InChI is InChI=1S/C15H27NO2/c1-5-13(14(17)18-4)7-11-16-10-6-8-15(2,3)9-12-16/h7H,5-6,8-12H2,1-4H3. The summed E-state index contributed by atoms with van der Waals surface area (Å²) in [6.45, 7) is 9.82. The van der Waals surface area contributed by atoms with Crippen molar-refractivity contribution in [2.45, 2.75) is 46.5 Å². The summed E-state index contributed by atoms with van der Waals surface area (Å²) in [6, 6.07) is 0. The number of esters is 1. The number of carbonyl (C=O) groups excluding carboxylic acids is 1. The molecule has 0 aromatic carbocycles. The van der Waals surface area contributed by atoms with Crippen molar-refractivity contribution in [1.82, 2.24) is 4.90 Å². The van der Waals surface area contributed by atoms with Gasteiger partial charge in [0.15, 0.2) is 0 Å². The Balaban J connectivity index is 2.52. The van der Waals surface area contributed by atoms with Gasteiger partial charge in [-0.15, -0.1) is 0 Å². The van der Waals surface area contributed by atoms with E-state index in [2.05, 4.69) is 18.7 Å². The van der Waals surface area contributed by atoms with Crippen LogP contribution in [-0.2, 0) is 9.53 Å². The second-order valence-electron chi connectivity index (χ2n) is 5.89. The first-order valence-corrected chi connectivity index (χ1v) is 6.98. The highest BCUT2D eigenvalue weighted by Gasteiger charge is 2.22. The summed E-state index contributed by atoms with van der Waals surface area (Å²) in [5.41, 5.74) is 1.26. The minimum atomic E-state index is -0.187. The van der Waals surface area contributed by atoms with E-state index >= 15 is 0 Å². The minimum Gasteiger partial charge on any atom is -0.466 e. The van der Waals surface area contributed by atoms with E-state index in [0.717, 1.165) is 31.6 Å². The maximum Gasteiger partial charge on any atom is 0.333 e. The van der Waals surface area contributed by atoms with Crippen LogP contribution in [0.15, 0.2) is 11.6 Å². The maximum atomic E-state index is 11.5. The van der Waals surface area contributed by atoms with Gasteiger partial charge in [-0.3, -0.25) is 4.90 Å². The van der Waals surface area contributed by atoms with E-state index < -0.39 is 0 Å². The van der Waals surface area contributed by atoms with E-state index in [9.17, 15) is 4.79 Å². The average molecular weight is 253 g/mol. The zero-order valence-corrected chi connectivity index (χ0v) is 12.3. The third kappa shape index (κ3) is 4.81. The Morgan fingerprint density at radius 2 is 2.06 bits per heavy atom. The van der Waals surface area contributed by atoms with Gasteiger partial charge in [-0.25, -0.2) is 4.79 Å². The van der Waals surface area contributed by atoms with Gasteiger partial charge >= 0.3 is 5.97 Å². The van der Waals surface area contributed by atoms with Gasteiger partial charge in [0.25, 0.3) is 0 Å². The summed E-state index contributed by atoms with van der Waals surface area (Å²) in [5, 5.41) is 0. The number of ether oxygens (including phenoxy) is 1. The molecule has 0 aromatic rings. The normalized spacial score (nSPS) is 21.4. The highest BCUT2D eigenvalue weighted by atomic mass is 16.5. The van der Waals surface area contributed by atoms with Crippen LogP contribution in [0.1, 0.15) is 46.5 Å². The highest BCUT2D eigenvalue weighted by molar-refractivity contribution is 5.88. The summed E-state index contributed by atoms with van der Waals surface area (Å²) in [5.74, 6) is -0.187. The molecule has 3 nitrogen and oxygen atoms in total. The quantitative estimate of drug-likeness (QED) is 0.570. The molecule has 0 spiro atoms. The van der Waals surface area contributed by atoms with E-state index in [1.807, 2.05) is 13.0 Å². The average Bonchev–Trinajstić information content (AvgIpc) is 2.51. The fourth-order valence-electron chi connectivity index (χ4n) is 2.40. The van der Waals surface area contributed by atoms with Crippen LogP contribution >= 0.6 is 0 Å². The van der Waals surface area contributed by atoms with Crippen LogP contribution in [0.2, 0.25) is 0 Å². The predicted octanol–water partition coefficient (Wildman–Crippen LogP) is 3.01. The van der Waals surface area contributed by atoms with Crippen LogP contribution in [0, 0.1) is 5.41 Å². The van der Waals surface area contributed by atoms with Crippen LogP contribution in [0.25, 0.3) is 0 Å². The highest BCUT2D eigenvalue weighted by Crippen LogP contribution is 2.29. The molecule has 0 bridgehead atoms. The molecule has 1 heterocycles. The molecule has 1 aliphatic rings. The van der Waals surface area contributed by atoms with E-state index in [-0.39, 0.29) is 5.97 Å². The number of hydrogen-bond donors (Lipinski definition) is 0. The lowest BCUT2D eigenvalue weighted by atomic mass is 9.85. The maximum absolute atomic E-state index is 11.5. The van der Waals surface area contributed by atoms with Gasteiger partial charge in [-0.1, -0.05) is 26.8 Å². The number of carbonyl (C=O) groups is 1. The summed E-state index contributed by atoms with van der Waals surface area (Å²) >= 11 is 0. The van der Waals surface area contributed by atoms with Gasteiger partial charge in [0.1, 0.15) is 0 Å². The largest absolute Gasteiger partial charge is 0.466 e. The molecule has 1 fully saturated rings. The molecule has 104 valence electrons. The van der Waals surface area contributed by atoms with E-state index in [1.54, 1.807) is 0 Å². The minimum absolute atomic E-state index is 0.187. The van der Waals surface area contributed by atoms with Crippen molar-refractivity contribution < 1.29 is 9.53 Å². The number of nitrogens with zero attached hydrogens (tertiary/aromatic N) is 1. The molecule has 0 atom stereocenters. The molecule has 0 unspecified atom stereocenters. The second kappa shape index (κ2) is 6.93. The first-order chi connectivity index (χ1) is 8.48.